The number of nitrogens with zero attached hydrogens (tertiary/aromatic N) is 2. The van der Waals surface area contributed by atoms with E-state index in [-0.39, 0.29) is 30.0 Å². The van der Waals surface area contributed by atoms with Crippen molar-refractivity contribution in [3.05, 3.63) is 35.9 Å². The average Bonchev–Trinajstić information content (AvgIpc) is 3.43. The molecule has 0 unspecified atom stereocenters. The van der Waals surface area contributed by atoms with Crippen LogP contribution in [0.25, 0.3) is 0 Å². The van der Waals surface area contributed by atoms with Crippen molar-refractivity contribution in [1.82, 2.24) is 10.2 Å². The van der Waals surface area contributed by atoms with Crippen LogP contribution in [0.3, 0.4) is 0 Å². The van der Waals surface area contributed by atoms with Crippen LogP contribution in [-0.4, -0.2) is 41.6 Å². The summed E-state index contributed by atoms with van der Waals surface area (Å²) >= 11 is 0. The predicted molar refractivity (Wildman–Crippen MR) is 95.7 cm³/mol. The lowest BCUT2D eigenvalue weighted by Crippen LogP contribution is -2.58. The van der Waals surface area contributed by atoms with Crippen LogP contribution in [0.1, 0.15) is 45.3 Å². The highest BCUT2D eigenvalue weighted by Crippen LogP contribution is 2.39. The van der Waals surface area contributed by atoms with Gasteiger partial charge in [0, 0.05) is 12.1 Å². The van der Waals surface area contributed by atoms with E-state index in [2.05, 4.69) is 42.3 Å². The van der Waals surface area contributed by atoms with Gasteiger partial charge in [0.25, 0.3) is 0 Å². The molecular weight excluding hydrogens is 314 g/mol. The van der Waals surface area contributed by atoms with E-state index in [0.29, 0.717) is 13.2 Å². The van der Waals surface area contributed by atoms with Crippen molar-refractivity contribution in [3.8, 4) is 6.07 Å². The Labute approximate surface area is 150 Å². The van der Waals surface area contributed by atoms with Gasteiger partial charge < -0.3 is 10.1 Å². The Morgan fingerprint density at radius 1 is 1.40 bits per heavy atom. The molecule has 0 aromatic heterocycles. The molecule has 5 heteroatoms. The molecule has 1 N–H and O–H groups in total. The number of hydrogen-bond donors (Lipinski definition) is 1. The second-order valence-corrected chi connectivity index (χ2v) is 8.04. The van der Waals surface area contributed by atoms with E-state index in [0.717, 1.165) is 18.4 Å². The molecule has 5 nitrogen and oxygen atoms in total. The highest BCUT2D eigenvalue weighted by atomic mass is 16.5. The number of benzene rings is 1. The number of amides is 1. The zero-order chi connectivity index (χ0) is 18.1. The Hall–Kier alpha value is -1.90. The zero-order valence-corrected chi connectivity index (χ0v) is 15.3. The largest absolute Gasteiger partial charge is 0.370 e. The van der Waals surface area contributed by atoms with E-state index < -0.39 is 5.54 Å². The van der Waals surface area contributed by atoms with Gasteiger partial charge in [0.1, 0.15) is 5.54 Å². The highest BCUT2D eigenvalue weighted by molar-refractivity contribution is 5.79. The van der Waals surface area contributed by atoms with Gasteiger partial charge in [-0.2, -0.15) is 5.26 Å². The number of carbonyl (C=O) groups excluding carboxylic acids is 1. The summed E-state index contributed by atoms with van der Waals surface area (Å²) in [5.41, 5.74) is 0.167. The van der Waals surface area contributed by atoms with Gasteiger partial charge >= 0.3 is 0 Å². The van der Waals surface area contributed by atoms with Crippen molar-refractivity contribution in [1.29, 1.82) is 5.26 Å². The quantitative estimate of drug-likeness (QED) is 0.894. The second-order valence-electron chi connectivity index (χ2n) is 8.04. The van der Waals surface area contributed by atoms with Crippen LogP contribution >= 0.6 is 0 Å². The lowest BCUT2D eigenvalue weighted by Gasteiger charge is -2.45. The van der Waals surface area contributed by atoms with Crippen molar-refractivity contribution in [2.24, 2.45) is 5.92 Å². The van der Waals surface area contributed by atoms with Gasteiger partial charge in [-0.3, -0.25) is 9.69 Å². The summed E-state index contributed by atoms with van der Waals surface area (Å²) in [5.74, 6) is 0.203. The Balaban J connectivity index is 1.66. The number of carbonyl (C=O) groups is 1. The molecule has 1 aliphatic heterocycles. The van der Waals surface area contributed by atoms with Crippen molar-refractivity contribution >= 4 is 5.91 Å². The smallest absolute Gasteiger partial charge is 0.235 e. The lowest BCUT2D eigenvalue weighted by molar-refractivity contribution is -0.134. The van der Waals surface area contributed by atoms with E-state index in [1.807, 2.05) is 25.1 Å². The molecule has 1 aliphatic carbocycles. The van der Waals surface area contributed by atoms with Crippen LogP contribution in [0.5, 0.6) is 0 Å². The first-order chi connectivity index (χ1) is 11.8. The van der Waals surface area contributed by atoms with E-state index in [1.54, 1.807) is 0 Å². The number of nitriles is 1. The van der Waals surface area contributed by atoms with Gasteiger partial charge in [-0.05, 0) is 45.1 Å². The van der Waals surface area contributed by atoms with Crippen LogP contribution in [-0.2, 0) is 9.53 Å². The number of hydrogen-bond acceptors (Lipinski definition) is 4. The fourth-order valence-electron chi connectivity index (χ4n) is 3.43. The molecule has 1 heterocycles. The van der Waals surface area contributed by atoms with E-state index in [9.17, 15) is 10.1 Å². The van der Waals surface area contributed by atoms with Gasteiger partial charge in [-0.1, -0.05) is 30.3 Å². The van der Waals surface area contributed by atoms with Crippen molar-refractivity contribution in [3.63, 3.8) is 0 Å². The maximum atomic E-state index is 12.6. The standard InChI is InChI=1S/C20H27N3O2/c1-19(2)14-25-17(15-7-5-4-6-8-15)11-23(19)12-18(24)22-20(3,13-21)16-9-10-16/h4-8,16-17H,9-12,14H2,1-3H3,(H,22,24)/t17-,20-/m0/s1. The maximum Gasteiger partial charge on any atom is 0.235 e. The minimum Gasteiger partial charge on any atom is -0.370 e. The fourth-order valence-corrected chi connectivity index (χ4v) is 3.43. The molecule has 2 aliphatic rings. The summed E-state index contributed by atoms with van der Waals surface area (Å²) in [6.45, 7) is 7.52. The average molecular weight is 341 g/mol. The normalized spacial score (nSPS) is 25.6. The van der Waals surface area contributed by atoms with E-state index in [1.165, 1.54) is 0 Å². The third-order valence-electron chi connectivity index (χ3n) is 5.41. The molecule has 2 fully saturated rings. The van der Waals surface area contributed by atoms with Crippen LogP contribution in [0, 0.1) is 17.2 Å². The molecule has 3 rings (SSSR count). The Kier molecular flexibility index (Phi) is 4.86. The summed E-state index contributed by atoms with van der Waals surface area (Å²) in [5, 5.41) is 12.4. The molecule has 0 bridgehead atoms. The molecule has 1 saturated carbocycles. The third kappa shape index (κ3) is 4.02. The van der Waals surface area contributed by atoms with Gasteiger partial charge in [0.05, 0.1) is 25.3 Å². The monoisotopic (exact) mass is 341 g/mol. The molecule has 1 saturated heterocycles. The second kappa shape index (κ2) is 6.78. The first-order valence-electron chi connectivity index (χ1n) is 8.98. The van der Waals surface area contributed by atoms with Crippen LogP contribution in [0.2, 0.25) is 0 Å². The first kappa shape index (κ1) is 17.9. The Morgan fingerprint density at radius 3 is 2.68 bits per heavy atom. The molecule has 2 atom stereocenters. The van der Waals surface area contributed by atoms with Crippen molar-refractivity contribution < 1.29 is 9.53 Å². The van der Waals surface area contributed by atoms with Crippen molar-refractivity contribution in [2.75, 3.05) is 19.7 Å². The van der Waals surface area contributed by atoms with Crippen molar-refractivity contribution in [2.45, 2.75) is 50.8 Å². The summed E-state index contributed by atoms with van der Waals surface area (Å²) in [6, 6.07) is 12.4. The summed E-state index contributed by atoms with van der Waals surface area (Å²) < 4.78 is 6.04. The lowest BCUT2D eigenvalue weighted by atomic mass is 9.96. The molecule has 1 aromatic rings. The topological polar surface area (TPSA) is 65.4 Å². The molecule has 0 radical (unpaired) electrons. The number of morpholine rings is 1. The van der Waals surface area contributed by atoms with Gasteiger partial charge in [0.15, 0.2) is 0 Å². The first-order valence-corrected chi connectivity index (χ1v) is 8.98. The van der Waals surface area contributed by atoms with Crippen LogP contribution in [0.4, 0.5) is 0 Å². The molecule has 1 aromatic carbocycles. The highest BCUT2D eigenvalue weighted by Gasteiger charge is 2.44. The summed E-state index contributed by atoms with van der Waals surface area (Å²) in [7, 11) is 0. The minimum atomic E-state index is -0.744. The molecule has 25 heavy (non-hydrogen) atoms. The molecular formula is C20H27N3O2. The zero-order valence-electron chi connectivity index (χ0n) is 15.3. The molecule has 0 spiro atoms. The van der Waals surface area contributed by atoms with Crippen LogP contribution in [0.15, 0.2) is 30.3 Å². The number of nitrogens with one attached hydrogen (secondary N) is 1. The molecule has 134 valence electrons. The maximum absolute atomic E-state index is 12.6. The van der Waals surface area contributed by atoms with Gasteiger partial charge in [-0.25, -0.2) is 0 Å². The van der Waals surface area contributed by atoms with Gasteiger partial charge in [-0.15, -0.1) is 0 Å². The number of rotatable bonds is 5. The number of ether oxygens (including phenoxy) is 1. The van der Waals surface area contributed by atoms with E-state index >= 15 is 0 Å². The summed E-state index contributed by atoms with van der Waals surface area (Å²) in [4.78, 5) is 14.8. The SMILES string of the molecule is CC1(C)CO[C@H](c2ccccc2)CN1CC(=O)N[C@@](C)(C#N)C1CC1. The van der Waals surface area contributed by atoms with E-state index in [4.69, 9.17) is 4.74 Å². The summed E-state index contributed by atoms with van der Waals surface area (Å²) in [6.07, 6.45) is 2.00. The molecule has 1 amide bonds. The van der Waals surface area contributed by atoms with Gasteiger partial charge in [0.2, 0.25) is 5.91 Å². The Bertz CT molecular complexity index is 663. The fraction of sp³-hybridized carbons (Fsp3) is 0.600. The predicted octanol–water partition coefficient (Wildman–Crippen LogP) is 2.65. The minimum absolute atomic E-state index is 0.0344. The van der Waals surface area contributed by atoms with Crippen LogP contribution < -0.4 is 5.32 Å². The Morgan fingerprint density at radius 2 is 2.08 bits per heavy atom. The third-order valence-corrected chi connectivity index (χ3v) is 5.41.